The van der Waals surface area contributed by atoms with Crippen molar-refractivity contribution >= 4 is 27.5 Å². The predicted molar refractivity (Wildman–Crippen MR) is 96.0 cm³/mol. The fraction of sp³-hybridized carbons (Fsp3) is 0.0952. The van der Waals surface area contributed by atoms with E-state index in [0.717, 1.165) is 27.6 Å². The van der Waals surface area contributed by atoms with Gasteiger partial charge < -0.3 is 8.82 Å². The first-order valence-corrected chi connectivity index (χ1v) is 8.10. The average Bonchev–Trinajstić information content (AvgIpc) is 3.16. The Hall–Kier alpha value is -3.07. The SMILES string of the molecule is Cc1ccn2cccc(-c3c4oc5ccccc5c4cc[n+]3C)c12. The number of aromatic nitrogens is 2. The third-order valence-electron chi connectivity index (χ3n) is 4.80. The Morgan fingerprint density at radius 2 is 1.79 bits per heavy atom. The van der Waals surface area contributed by atoms with E-state index >= 15 is 0 Å². The maximum Gasteiger partial charge on any atom is 0.258 e. The van der Waals surface area contributed by atoms with E-state index in [0.29, 0.717) is 0 Å². The number of aryl methyl sites for hydroxylation is 2. The second kappa shape index (κ2) is 4.71. The summed E-state index contributed by atoms with van der Waals surface area (Å²) in [5, 5.41) is 2.32. The molecule has 0 aliphatic heterocycles. The molecule has 0 saturated carbocycles. The van der Waals surface area contributed by atoms with Gasteiger partial charge in [-0.2, -0.15) is 4.57 Å². The van der Waals surface area contributed by atoms with Gasteiger partial charge in [-0.3, -0.25) is 0 Å². The minimum atomic E-state index is 0.930. The molecule has 0 aliphatic rings. The largest absolute Gasteiger partial charge is 0.449 e. The molecule has 4 heterocycles. The van der Waals surface area contributed by atoms with Crippen molar-refractivity contribution in [1.82, 2.24) is 4.40 Å². The first-order valence-electron chi connectivity index (χ1n) is 8.10. The second-order valence-corrected chi connectivity index (χ2v) is 6.29. The minimum absolute atomic E-state index is 0.930. The first-order chi connectivity index (χ1) is 11.7. The van der Waals surface area contributed by atoms with Gasteiger partial charge >= 0.3 is 0 Å². The molecule has 116 valence electrons. The van der Waals surface area contributed by atoms with Crippen LogP contribution in [0.5, 0.6) is 0 Å². The van der Waals surface area contributed by atoms with Gasteiger partial charge in [0.25, 0.3) is 5.69 Å². The van der Waals surface area contributed by atoms with Crippen molar-refractivity contribution in [2.45, 2.75) is 6.92 Å². The van der Waals surface area contributed by atoms with Crippen LogP contribution in [-0.4, -0.2) is 4.40 Å². The smallest absolute Gasteiger partial charge is 0.258 e. The van der Waals surface area contributed by atoms with E-state index in [2.05, 4.69) is 77.9 Å². The summed E-state index contributed by atoms with van der Waals surface area (Å²) in [6, 6.07) is 16.8. The van der Waals surface area contributed by atoms with Crippen LogP contribution in [0.2, 0.25) is 0 Å². The molecule has 3 nitrogen and oxygen atoms in total. The van der Waals surface area contributed by atoms with Gasteiger partial charge in [0.05, 0.1) is 11.1 Å². The van der Waals surface area contributed by atoms with Crippen molar-refractivity contribution in [1.29, 1.82) is 0 Å². The molecule has 1 aromatic carbocycles. The second-order valence-electron chi connectivity index (χ2n) is 6.29. The Kier molecular flexibility index (Phi) is 2.63. The molecule has 5 rings (SSSR count). The topological polar surface area (TPSA) is 21.4 Å². The zero-order valence-electron chi connectivity index (χ0n) is 13.7. The molecule has 0 fully saturated rings. The van der Waals surface area contributed by atoms with E-state index in [1.807, 2.05) is 12.1 Å². The van der Waals surface area contributed by atoms with Gasteiger partial charge in [0.1, 0.15) is 12.6 Å². The molecule has 4 aromatic heterocycles. The van der Waals surface area contributed by atoms with Gasteiger partial charge in [0.15, 0.2) is 6.20 Å². The maximum atomic E-state index is 6.25. The molecular formula is C21H17N2O+. The lowest BCUT2D eigenvalue weighted by Crippen LogP contribution is -2.30. The van der Waals surface area contributed by atoms with E-state index < -0.39 is 0 Å². The van der Waals surface area contributed by atoms with Crippen LogP contribution in [0, 0.1) is 6.92 Å². The normalized spacial score (nSPS) is 11.8. The van der Waals surface area contributed by atoms with E-state index in [4.69, 9.17) is 4.42 Å². The lowest BCUT2D eigenvalue weighted by molar-refractivity contribution is -0.659. The first kappa shape index (κ1) is 13.4. The summed E-state index contributed by atoms with van der Waals surface area (Å²) in [6.07, 6.45) is 6.30. The quantitative estimate of drug-likeness (QED) is 0.413. The zero-order valence-corrected chi connectivity index (χ0v) is 13.7. The molecule has 0 amide bonds. The van der Waals surface area contributed by atoms with Gasteiger partial charge in [-0.1, -0.05) is 18.2 Å². The summed E-state index contributed by atoms with van der Waals surface area (Å²) in [5.74, 6) is 0. The number of pyridine rings is 2. The molecule has 0 spiro atoms. The Labute approximate surface area is 139 Å². The van der Waals surface area contributed by atoms with E-state index in [1.54, 1.807) is 0 Å². The Balaban J connectivity index is 1.98. The molecule has 0 atom stereocenters. The average molecular weight is 313 g/mol. The van der Waals surface area contributed by atoms with E-state index in [1.165, 1.54) is 16.6 Å². The molecule has 0 aliphatic carbocycles. The fourth-order valence-corrected chi connectivity index (χ4v) is 3.67. The summed E-state index contributed by atoms with van der Waals surface area (Å²) in [5.41, 5.74) is 6.65. The van der Waals surface area contributed by atoms with Crippen molar-refractivity contribution in [3.63, 3.8) is 0 Å². The Morgan fingerprint density at radius 1 is 0.917 bits per heavy atom. The van der Waals surface area contributed by atoms with Gasteiger partial charge in [-0.25, -0.2) is 0 Å². The molecule has 24 heavy (non-hydrogen) atoms. The summed E-state index contributed by atoms with van der Waals surface area (Å²) in [7, 11) is 2.07. The Morgan fingerprint density at radius 3 is 2.71 bits per heavy atom. The van der Waals surface area contributed by atoms with Crippen LogP contribution >= 0.6 is 0 Å². The van der Waals surface area contributed by atoms with Crippen LogP contribution in [0.3, 0.4) is 0 Å². The van der Waals surface area contributed by atoms with Crippen molar-refractivity contribution in [2.75, 3.05) is 0 Å². The molecule has 0 saturated heterocycles. The standard InChI is InChI=1S/C21H17N2O/c1-14-9-13-23-11-5-7-17(19(14)23)20-21-16(10-12-22(20)2)15-6-3-4-8-18(15)24-21/h3-13H,1-2H3/q+1. The summed E-state index contributed by atoms with van der Waals surface area (Å²) in [4.78, 5) is 0. The highest BCUT2D eigenvalue weighted by Gasteiger charge is 2.23. The number of rotatable bonds is 1. The lowest BCUT2D eigenvalue weighted by atomic mass is 10.1. The predicted octanol–water partition coefficient (Wildman–Crippen LogP) is 4.64. The van der Waals surface area contributed by atoms with Gasteiger partial charge in [0, 0.05) is 29.2 Å². The fourth-order valence-electron chi connectivity index (χ4n) is 3.67. The van der Waals surface area contributed by atoms with Gasteiger partial charge in [0.2, 0.25) is 5.58 Å². The molecule has 0 radical (unpaired) electrons. The summed E-state index contributed by atoms with van der Waals surface area (Å²) < 4.78 is 10.6. The van der Waals surface area contributed by atoms with Crippen LogP contribution in [0.4, 0.5) is 0 Å². The van der Waals surface area contributed by atoms with Crippen LogP contribution in [0.15, 0.2) is 71.5 Å². The maximum absolute atomic E-state index is 6.25. The van der Waals surface area contributed by atoms with Crippen molar-refractivity contribution in [3.8, 4) is 11.3 Å². The number of fused-ring (bicyclic) bond motifs is 4. The van der Waals surface area contributed by atoms with Crippen LogP contribution in [0.25, 0.3) is 38.7 Å². The summed E-state index contributed by atoms with van der Waals surface area (Å²) in [6.45, 7) is 2.15. The molecular weight excluding hydrogens is 296 g/mol. The third-order valence-corrected chi connectivity index (χ3v) is 4.80. The lowest BCUT2D eigenvalue weighted by Gasteiger charge is -2.05. The number of para-hydroxylation sites is 1. The summed E-state index contributed by atoms with van der Waals surface area (Å²) >= 11 is 0. The van der Waals surface area contributed by atoms with Gasteiger partial charge in [-0.05, 0) is 36.8 Å². The van der Waals surface area contributed by atoms with Crippen LogP contribution in [0.1, 0.15) is 5.56 Å². The highest BCUT2D eigenvalue weighted by molar-refractivity contribution is 6.08. The highest BCUT2D eigenvalue weighted by atomic mass is 16.3. The number of benzene rings is 1. The molecule has 0 bridgehead atoms. The van der Waals surface area contributed by atoms with Gasteiger partial charge in [-0.15, -0.1) is 0 Å². The van der Waals surface area contributed by atoms with Crippen molar-refractivity contribution < 1.29 is 8.98 Å². The number of furan rings is 1. The number of nitrogens with zero attached hydrogens (tertiary/aromatic N) is 2. The molecule has 3 heteroatoms. The minimum Gasteiger partial charge on any atom is -0.449 e. The van der Waals surface area contributed by atoms with Crippen LogP contribution in [-0.2, 0) is 7.05 Å². The number of hydrogen-bond acceptors (Lipinski definition) is 1. The van der Waals surface area contributed by atoms with E-state index in [-0.39, 0.29) is 0 Å². The van der Waals surface area contributed by atoms with Crippen molar-refractivity contribution in [2.24, 2.45) is 7.05 Å². The number of hydrogen-bond donors (Lipinski definition) is 0. The molecule has 0 N–H and O–H groups in total. The zero-order chi connectivity index (χ0) is 16.3. The molecule has 5 aromatic rings. The van der Waals surface area contributed by atoms with Crippen molar-refractivity contribution in [3.05, 3.63) is 72.7 Å². The monoisotopic (exact) mass is 313 g/mol. The Bertz CT molecular complexity index is 1230. The van der Waals surface area contributed by atoms with E-state index in [9.17, 15) is 0 Å². The third kappa shape index (κ3) is 1.69. The molecule has 0 unspecified atom stereocenters. The van der Waals surface area contributed by atoms with Crippen LogP contribution < -0.4 is 4.57 Å². The highest BCUT2D eigenvalue weighted by Crippen LogP contribution is 2.35.